The molecule has 0 bridgehead atoms. The number of likely N-dealkylation sites (N-methyl/N-ethyl adjacent to an activating group) is 1. The highest BCUT2D eigenvalue weighted by molar-refractivity contribution is 5.97. The first-order chi connectivity index (χ1) is 7.77. The summed E-state index contributed by atoms with van der Waals surface area (Å²) in [5.74, 6) is 5.08. The number of benzene rings is 1. The van der Waals surface area contributed by atoms with Gasteiger partial charge in [-0.25, -0.2) is 0 Å². The molecule has 1 amide bonds. The van der Waals surface area contributed by atoms with Crippen LogP contribution < -0.4 is 5.32 Å². The molecule has 0 fully saturated rings. The lowest BCUT2D eigenvalue weighted by Crippen LogP contribution is -2.19. The van der Waals surface area contributed by atoms with Crippen molar-refractivity contribution in [1.82, 2.24) is 5.32 Å². The fourth-order valence-electron chi connectivity index (χ4n) is 0.996. The van der Waals surface area contributed by atoms with Crippen molar-refractivity contribution < 1.29 is 4.79 Å². The minimum Gasteiger partial charge on any atom is -0.354 e. The second-order valence-corrected chi connectivity index (χ2v) is 2.88. The number of hydrogen-bond acceptors (Lipinski definition) is 2. The summed E-state index contributed by atoms with van der Waals surface area (Å²) in [6.07, 6.45) is 1.31. The van der Waals surface area contributed by atoms with Crippen molar-refractivity contribution in [1.29, 1.82) is 5.26 Å². The van der Waals surface area contributed by atoms with Crippen molar-refractivity contribution in [3.63, 3.8) is 0 Å². The van der Waals surface area contributed by atoms with E-state index in [1.54, 1.807) is 6.07 Å². The molecule has 3 nitrogen and oxygen atoms in total. The number of nitriles is 1. The smallest absolute Gasteiger partial charge is 0.262 e. The van der Waals surface area contributed by atoms with Crippen molar-refractivity contribution in [2.75, 3.05) is 7.05 Å². The first-order valence-electron chi connectivity index (χ1n) is 4.67. The molecular weight excluding hydrogens is 200 g/mol. The van der Waals surface area contributed by atoms with E-state index in [-0.39, 0.29) is 5.57 Å². The van der Waals surface area contributed by atoms with Gasteiger partial charge >= 0.3 is 0 Å². The second kappa shape index (κ2) is 6.06. The van der Waals surface area contributed by atoms with Gasteiger partial charge in [0, 0.05) is 18.7 Å². The highest BCUT2D eigenvalue weighted by atomic mass is 16.1. The topological polar surface area (TPSA) is 52.9 Å². The van der Waals surface area contributed by atoms with Crippen LogP contribution in [0.25, 0.3) is 0 Å². The molecule has 1 aromatic carbocycles. The molecule has 0 aliphatic carbocycles. The molecular formula is C13H10N2O. The van der Waals surface area contributed by atoms with Crippen LogP contribution in [0.3, 0.4) is 0 Å². The predicted octanol–water partition coefficient (Wildman–Crippen LogP) is 1.23. The van der Waals surface area contributed by atoms with E-state index in [1.807, 2.05) is 30.3 Å². The van der Waals surface area contributed by atoms with Crippen LogP contribution in [0.15, 0.2) is 42.0 Å². The van der Waals surface area contributed by atoms with Gasteiger partial charge in [0.25, 0.3) is 5.91 Å². The van der Waals surface area contributed by atoms with E-state index in [0.29, 0.717) is 0 Å². The lowest BCUT2D eigenvalue weighted by molar-refractivity contribution is -0.116. The van der Waals surface area contributed by atoms with E-state index >= 15 is 0 Å². The van der Waals surface area contributed by atoms with Crippen LogP contribution in [0.1, 0.15) is 5.56 Å². The molecule has 0 saturated carbocycles. The van der Waals surface area contributed by atoms with Crippen LogP contribution in [-0.4, -0.2) is 13.0 Å². The van der Waals surface area contributed by atoms with E-state index in [9.17, 15) is 4.79 Å². The van der Waals surface area contributed by atoms with E-state index in [4.69, 9.17) is 5.26 Å². The Morgan fingerprint density at radius 3 is 2.62 bits per heavy atom. The molecule has 1 rings (SSSR count). The van der Waals surface area contributed by atoms with Gasteiger partial charge in [0.2, 0.25) is 0 Å². The van der Waals surface area contributed by atoms with Gasteiger partial charge in [-0.15, -0.1) is 0 Å². The summed E-state index contributed by atoms with van der Waals surface area (Å²) in [6, 6.07) is 11.1. The minimum absolute atomic E-state index is 0.00549. The molecule has 0 unspecified atom stereocenters. The third-order valence-electron chi connectivity index (χ3n) is 1.80. The van der Waals surface area contributed by atoms with Crippen molar-refractivity contribution in [3.05, 3.63) is 47.5 Å². The Balaban J connectivity index is 2.84. The van der Waals surface area contributed by atoms with E-state index < -0.39 is 5.91 Å². The highest BCUT2D eigenvalue weighted by Gasteiger charge is 2.03. The number of rotatable bonds is 1. The SMILES string of the molecule is CNC(=O)/C(C#N)=C/C#Cc1ccccc1. The third kappa shape index (κ3) is 3.32. The molecule has 0 aromatic heterocycles. The van der Waals surface area contributed by atoms with Gasteiger partial charge in [0.15, 0.2) is 0 Å². The van der Waals surface area contributed by atoms with Crippen LogP contribution >= 0.6 is 0 Å². The Hall–Kier alpha value is -2.52. The summed E-state index contributed by atoms with van der Waals surface area (Å²) in [6.45, 7) is 0. The molecule has 0 atom stereocenters. The van der Waals surface area contributed by atoms with Gasteiger partial charge in [0.05, 0.1) is 0 Å². The normalized spacial score (nSPS) is 9.62. The Kier molecular flexibility index (Phi) is 4.37. The van der Waals surface area contributed by atoms with E-state index in [2.05, 4.69) is 17.2 Å². The van der Waals surface area contributed by atoms with Gasteiger partial charge in [-0.1, -0.05) is 30.0 Å². The number of nitrogens with one attached hydrogen (secondary N) is 1. The second-order valence-electron chi connectivity index (χ2n) is 2.88. The summed E-state index contributed by atoms with van der Waals surface area (Å²) in [5.41, 5.74) is 0.846. The van der Waals surface area contributed by atoms with Gasteiger partial charge in [0.1, 0.15) is 11.6 Å². The lowest BCUT2D eigenvalue weighted by Gasteiger charge is -1.92. The summed E-state index contributed by atoms with van der Waals surface area (Å²) in [7, 11) is 1.47. The molecule has 0 aliphatic heterocycles. The average molecular weight is 210 g/mol. The van der Waals surface area contributed by atoms with Crippen LogP contribution in [-0.2, 0) is 4.79 Å². The van der Waals surface area contributed by atoms with Crippen LogP contribution in [0.2, 0.25) is 0 Å². The Bertz CT molecular complexity index is 498. The molecule has 78 valence electrons. The van der Waals surface area contributed by atoms with Crippen molar-refractivity contribution in [2.45, 2.75) is 0 Å². The van der Waals surface area contributed by atoms with Crippen LogP contribution in [0.5, 0.6) is 0 Å². The maximum Gasteiger partial charge on any atom is 0.262 e. The maximum absolute atomic E-state index is 11.1. The molecule has 1 aromatic rings. The van der Waals surface area contributed by atoms with Crippen LogP contribution in [0, 0.1) is 23.2 Å². The molecule has 3 heteroatoms. The first kappa shape index (κ1) is 11.6. The van der Waals surface area contributed by atoms with E-state index in [0.717, 1.165) is 5.56 Å². The quantitative estimate of drug-likeness (QED) is 0.430. The summed E-state index contributed by atoms with van der Waals surface area (Å²) >= 11 is 0. The summed E-state index contributed by atoms with van der Waals surface area (Å²) < 4.78 is 0. The monoisotopic (exact) mass is 210 g/mol. The average Bonchev–Trinajstić information content (AvgIpc) is 2.35. The third-order valence-corrected chi connectivity index (χ3v) is 1.80. The van der Waals surface area contributed by atoms with Gasteiger partial charge in [-0.05, 0) is 12.1 Å². The molecule has 0 aliphatic rings. The Morgan fingerprint density at radius 1 is 1.38 bits per heavy atom. The minimum atomic E-state index is -0.426. The largest absolute Gasteiger partial charge is 0.354 e. The highest BCUT2D eigenvalue weighted by Crippen LogP contribution is 1.95. The Morgan fingerprint density at radius 2 is 2.06 bits per heavy atom. The Labute approximate surface area is 94.4 Å². The molecule has 0 radical (unpaired) electrons. The van der Waals surface area contributed by atoms with Crippen molar-refractivity contribution >= 4 is 5.91 Å². The first-order valence-corrected chi connectivity index (χ1v) is 4.67. The maximum atomic E-state index is 11.1. The molecule has 16 heavy (non-hydrogen) atoms. The van der Waals surface area contributed by atoms with Gasteiger partial charge in [-0.3, -0.25) is 4.79 Å². The number of nitrogens with zero attached hydrogens (tertiary/aromatic N) is 1. The lowest BCUT2D eigenvalue weighted by atomic mass is 10.2. The van der Waals surface area contributed by atoms with Gasteiger partial charge in [-0.2, -0.15) is 5.26 Å². The van der Waals surface area contributed by atoms with Crippen LogP contribution in [0.4, 0.5) is 0 Å². The number of hydrogen-bond donors (Lipinski definition) is 1. The van der Waals surface area contributed by atoms with Crippen molar-refractivity contribution in [3.8, 4) is 17.9 Å². The fourth-order valence-corrected chi connectivity index (χ4v) is 0.996. The standard InChI is InChI=1S/C13H10N2O/c1-15-13(16)12(10-14)9-5-8-11-6-3-2-4-7-11/h2-4,6-7,9H,1H3,(H,15,16)/b12-9+. The molecule has 0 heterocycles. The molecule has 0 spiro atoms. The molecule has 0 saturated heterocycles. The number of amides is 1. The van der Waals surface area contributed by atoms with Gasteiger partial charge < -0.3 is 5.32 Å². The zero-order valence-electron chi connectivity index (χ0n) is 8.82. The zero-order chi connectivity index (χ0) is 11.8. The number of carbonyl (C=O) groups is 1. The fraction of sp³-hybridized carbons (Fsp3) is 0.0769. The number of allylic oxidation sites excluding steroid dienone is 1. The summed E-state index contributed by atoms with van der Waals surface area (Å²) in [5, 5.41) is 11.0. The summed E-state index contributed by atoms with van der Waals surface area (Å²) in [4.78, 5) is 11.1. The zero-order valence-corrected chi connectivity index (χ0v) is 8.82. The van der Waals surface area contributed by atoms with Crippen molar-refractivity contribution in [2.24, 2.45) is 0 Å². The predicted molar refractivity (Wildman–Crippen MR) is 61.1 cm³/mol. The molecule has 1 N–H and O–H groups in total. The van der Waals surface area contributed by atoms with E-state index in [1.165, 1.54) is 13.1 Å². The number of carbonyl (C=O) groups excluding carboxylic acids is 1.